The van der Waals surface area contributed by atoms with Crippen LogP contribution in [0.4, 0.5) is 0 Å². The minimum absolute atomic E-state index is 0.0622. The second kappa shape index (κ2) is 8.50. The minimum Gasteiger partial charge on any atom is -0.495 e. The van der Waals surface area contributed by atoms with Crippen LogP contribution < -0.4 is 20.3 Å². The zero-order valence-corrected chi connectivity index (χ0v) is 17.0. The highest BCUT2D eigenvalue weighted by Gasteiger charge is 2.20. The number of H-pyrrole nitrogens is 1. The van der Waals surface area contributed by atoms with Crippen molar-refractivity contribution in [3.05, 3.63) is 57.2 Å². The average molecular weight is 435 g/mol. The number of pyridine rings is 1. The van der Waals surface area contributed by atoms with Crippen molar-refractivity contribution in [1.29, 1.82) is 0 Å². The monoisotopic (exact) mass is 434 g/mol. The van der Waals surface area contributed by atoms with Crippen molar-refractivity contribution >= 4 is 40.0 Å². The van der Waals surface area contributed by atoms with Crippen molar-refractivity contribution in [3.63, 3.8) is 0 Å². The number of halogens is 2. The average Bonchev–Trinajstić information content (AvgIpc) is 2.72. The first-order valence-electron chi connectivity index (χ1n) is 8.29. The Morgan fingerprint density at radius 2 is 1.90 bits per heavy atom. The van der Waals surface area contributed by atoms with Gasteiger partial charge in [0.25, 0.3) is 5.56 Å². The number of nitrogens with one attached hydrogen (secondary N) is 2. The van der Waals surface area contributed by atoms with Gasteiger partial charge in [0, 0.05) is 23.2 Å². The van der Waals surface area contributed by atoms with Crippen LogP contribution in [0.15, 0.2) is 35.8 Å². The van der Waals surface area contributed by atoms with Crippen LogP contribution in [0.25, 0.3) is 22.2 Å². The standard InChI is InChI=1S/C19H16Cl2N4O4/c1-4-14(26)23-8-13-22-7-9-5-10(24-19(27)18(9)25-13)15-16(20)11(28-2)6-12(29-3)17(15)21/h4-7H,1,8H2,2-3H3,(H,23,26)(H,24,27). The van der Waals surface area contributed by atoms with Gasteiger partial charge in [-0.3, -0.25) is 9.59 Å². The van der Waals surface area contributed by atoms with Gasteiger partial charge in [-0.1, -0.05) is 29.8 Å². The molecule has 0 aliphatic carbocycles. The maximum absolute atomic E-state index is 12.7. The van der Waals surface area contributed by atoms with Gasteiger partial charge in [-0.25, -0.2) is 9.97 Å². The van der Waals surface area contributed by atoms with E-state index >= 15 is 0 Å². The van der Waals surface area contributed by atoms with Gasteiger partial charge in [0.15, 0.2) is 0 Å². The number of aromatic amines is 1. The van der Waals surface area contributed by atoms with E-state index in [1.54, 1.807) is 12.1 Å². The highest BCUT2D eigenvalue weighted by Crippen LogP contribution is 2.45. The van der Waals surface area contributed by atoms with Gasteiger partial charge in [-0.2, -0.15) is 0 Å². The summed E-state index contributed by atoms with van der Waals surface area (Å²) < 4.78 is 10.5. The number of ether oxygens (including phenoxy) is 2. The number of nitrogens with zero attached hydrogens (tertiary/aromatic N) is 2. The van der Waals surface area contributed by atoms with Crippen LogP contribution in [0.2, 0.25) is 10.0 Å². The molecule has 29 heavy (non-hydrogen) atoms. The molecule has 2 heterocycles. The van der Waals surface area contributed by atoms with E-state index < -0.39 is 5.56 Å². The Morgan fingerprint density at radius 3 is 2.48 bits per heavy atom. The van der Waals surface area contributed by atoms with Crippen molar-refractivity contribution in [2.75, 3.05) is 14.2 Å². The van der Waals surface area contributed by atoms with Gasteiger partial charge in [0.2, 0.25) is 5.91 Å². The fourth-order valence-electron chi connectivity index (χ4n) is 2.67. The summed E-state index contributed by atoms with van der Waals surface area (Å²) in [5, 5.41) is 3.46. The molecule has 10 heteroatoms. The molecule has 0 saturated heterocycles. The van der Waals surface area contributed by atoms with E-state index in [-0.39, 0.29) is 33.8 Å². The fourth-order valence-corrected chi connectivity index (χ4v) is 3.37. The number of carbonyl (C=O) groups is 1. The Balaban J connectivity index is 2.12. The van der Waals surface area contributed by atoms with E-state index in [2.05, 4.69) is 26.8 Å². The van der Waals surface area contributed by atoms with Crippen LogP contribution in [0.5, 0.6) is 11.5 Å². The number of carbonyl (C=O) groups excluding carboxylic acids is 1. The molecule has 8 nitrogen and oxygen atoms in total. The lowest BCUT2D eigenvalue weighted by Crippen LogP contribution is -2.22. The number of aromatic nitrogens is 3. The fraction of sp³-hybridized carbons (Fsp3) is 0.158. The van der Waals surface area contributed by atoms with Crippen LogP contribution in [0.1, 0.15) is 5.82 Å². The molecule has 1 aromatic carbocycles. The molecule has 1 amide bonds. The third-order valence-electron chi connectivity index (χ3n) is 4.08. The zero-order chi connectivity index (χ0) is 21.1. The first-order valence-corrected chi connectivity index (χ1v) is 9.04. The third kappa shape index (κ3) is 4.03. The van der Waals surface area contributed by atoms with Crippen molar-refractivity contribution in [1.82, 2.24) is 20.3 Å². The molecule has 0 bridgehead atoms. The quantitative estimate of drug-likeness (QED) is 0.577. The molecule has 0 unspecified atom stereocenters. The third-order valence-corrected chi connectivity index (χ3v) is 4.83. The lowest BCUT2D eigenvalue weighted by Gasteiger charge is -2.15. The van der Waals surface area contributed by atoms with E-state index in [0.29, 0.717) is 28.1 Å². The van der Waals surface area contributed by atoms with E-state index in [1.165, 1.54) is 20.4 Å². The van der Waals surface area contributed by atoms with Crippen molar-refractivity contribution in [3.8, 4) is 22.8 Å². The largest absolute Gasteiger partial charge is 0.495 e. The molecular formula is C19H16Cl2N4O4. The number of hydrogen-bond acceptors (Lipinski definition) is 6. The lowest BCUT2D eigenvalue weighted by molar-refractivity contribution is -0.116. The molecule has 3 aromatic rings. The Bertz CT molecular complexity index is 1150. The Labute approximate surface area is 175 Å². The number of benzene rings is 1. The van der Waals surface area contributed by atoms with E-state index in [1.807, 2.05) is 0 Å². The van der Waals surface area contributed by atoms with E-state index in [0.717, 1.165) is 6.08 Å². The zero-order valence-electron chi connectivity index (χ0n) is 15.5. The molecule has 0 spiro atoms. The molecule has 0 radical (unpaired) electrons. The van der Waals surface area contributed by atoms with Crippen molar-refractivity contribution in [2.45, 2.75) is 6.54 Å². The molecule has 150 valence electrons. The molecule has 0 aliphatic rings. The minimum atomic E-state index is -0.467. The molecular weight excluding hydrogens is 419 g/mol. The molecule has 0 saturated carbocycles. The maximum Gasteiger partial charge on any atom is 0.275 e. The predicted molar refractivity (Wildman–Crippen MR) is 111 cm³/mol. The summed E-state index contributed by atoms with van der Waals surface area (Å²) in [6.07, 6.45) is 2.62. The number of amides is 1. The van der Waals surface area contributed by atoms with Crippen LogP contribution in [-0.4, -0.2) is 35.1 Å². The number of hydrogen-bond donors (Lipinski definition) is 2. The van der Waals surface area contributed by atoms with Gasteiger partial charge < -0.3 is 19.8 Å². The topological polar surface area (TPSA) is 106 Å². The molecule has 2 N–H and O–H groups in total. The second-order valence-corrected chi connectivity index (χ2v) is 6.56. The number of rotatable bonds is 6. The molecule has 0 aliphatic heterocycles. The van der Waals surface area contributed by atoms with Crippen molar-refractivity contribution < 1.29 is 14.3 Å². The van der Waals surface area contributed by atoms with Crippen molar-refractivity contribution in [2.24, 2.45) is 0 Å². The summed E-state index contributed by atoms with van der Waals surface area (Å²) in [5.74, 6) is 0.598. The highest BCUT2D eigenvalue weighted by atomic mass is 35.5. The number of methoxy groups -OCH3 is 2. The SMILES string of the molecule is C=CC(=O)NCc1ncc2cc(-c3c(Cl)c(OC)cc(OC)c3Cl)[nH]c(=O)c2n1. The summed E-state index contributed by atoms with van der Waals surface area (Å²) in [5.41, 5.74) is 0.399. The summed E-state index contributed by atoms with van der Waals surface area (Å²) in [6, 6.07) is 3.20. The molecule has 0 fully saturated rings. The summed E-state index contributed by atoms with van der Waals surface area (Å²) in [7, 11) is 2.92. The predicted octanol–water partition coefficient (Wildman–Crippen LogP) is 3.11. The van der Waals surface area contributed by atoms with Gasteiger partial charge in [-0.05, 0) is 12.1 Å². The molecule has 0 atom stereocenters. The van der Waals surface area contributed by atoms with Gasteiger partial charge in [-0.15, -0.1) is 0 Å². The second-order valence-electron chi connectivity index (χ2n) is 5.81. The molecule has 2 aromatic heterocycles. The summed E-state index contributed by atoms with van der Waals surface area (Å²) >= 11 is 12.8. The first-order chi connectivity index (χ1) is 13.9. The summed E-state index contributed by atoms with van der Waals surface area (Å²) in [6.45, 7) is 3.43. The normalized spacial score (nSPS) is 10.6. The van der Waals surface area contributed by atoms with Crippen LogP contribution in [0.3, 0.4) is 0 Å². The van der Waals surface area contributed by atoms with Crippen LogP contribution in [-0.2, 0) is 11.3 Å². The van der Waals surface area contributed by atoms with E-state index in [4.69, 9.17) is 32.7 Å². The lowest BCUT2D eigenvalue weighted by atomic mass is 10.1. The molecule has 3 rings (SSSR count). The highest BCUT2D eigenvalue weighted by molar-refractivity contribution is 6.41. The van der Waals surface area contributed by atoms with Gasteiger partial charge in [0.05, 0.1) is 36.5 Å². The first kappa shape index (κ1) is 20.6. The maximum atomic E-state index is 12.7. The Hall–Kier alpha value is -3.10. The van der Waals surface area contributed by atoms with Gasteiger partial charge >= 0.3 is 0 Å². The Morgan fingerprint density at radius 1 is 1.24 bits per heavy atom. The van der Waals surface area contributed by atoms with Crippen LogP contribution >= 0.6 is 23.2 Å². The van der Waals surface area contributed by atoms with Gasteiger partial charge in [0.1, 0.15) is 22.8 Å². The van der Waals surface area contributed by atoms with E-state index in [9.17, 15) is 9.59 Å². The smallest absolute Gasteiger partial charge is 0.275 e. The summed E-state index contributed by atoms with van der Waals surface area (Å²) in [4.78, 5) is 35.0. The van der Waals surface area contributed by atoms with Crippen LogP contribution in [0, 0.1) is 0 Å². The number of fused-ring (bicyclic) bond motifs is 1. The Kier molecular flexibility index (Phi) is 6.05.